The average Bonchev–Trinajstić information content (AvgIpc) is 2.96. The molecule has 120 valence electrons. The minimum Gasteiger partial charge on any atom is -0.492 e. The second-order valence-electron chi connectivity index (χ2n) is 5.87. The summed E-state index contributed by atoms with van der Waals surface area (Å²) in [5.74, 6) is 0.0306. The molecule has 1 aromatic rings. The Kier molecular flexibility index (Phi) is 4.57. The molecule has 1 aliphatic carbocycles. The summed E-state index contributed by atoms with van der Waals surface area (Å²) in [4.78, 5) is 11.4. The fourth-order valence-electron chi connectivity index (χ4n) is 3.10. The lowest BCUT2D eigenvalue weighted by Crippen LogP contribution is -2.36. The Morgan fingerprint density at radius 1 is 1.32 bits per heavy atom. The van der Waals surface area contributed by atoms with E-state index in [9.17, 15) is 4.79 Å². The largest absolute Gasteiger partial charge is 0.492 e. The molecule has 1 saturated heterocycles. The Morgan fingerprint density at radius 2 is 2.00 bits per heavy atom. The smallest absolute Gasteiger partial charge is 0.252 e. The van der Waals surface area contributed by atoms with Gasteiger partial charge in [0.1, 0.15) is 5.75 Å². The number of benzene rings is 1. The molecule has 1 aliphatic heterocycles. The number of primary amides is 1. The third kappa shape index (κ3) is 3.37. The number of carbonyl (C=O) groups excluding carboxylic acids is 1. The molecule has 6 heteroatoms. The Labute approximate surface area is 134 Å². The fourth-order valence-corrected chi connectivity index (χ4v) is 3.27. The molecule has 1 aromatic carbocycles. The predicted molar refractivity (Wildman–Crippen MR) is 82.1 cm³/mol. The lowest BCUT2D eigenvalue weighted by atomic mass is 9.85. The normalized spacial score (nSPS) is 21.1. The number of nitrogens with two attached hydrogens (primary N) is 1. The first-order valence-corrected chi connectivity index (χ1v) is 7.96. The van der Waals surface area contributed by atoms with Gasteiger partial charge in [0, 0.05) is 17.9 Å². The highest BCUT2D eigenvalue weighted by atomic mass is 35.5. The SMILES string of the molecule is NC(=O)c1cc(Cl)ccc1OCC1CCC2(CC1)OCCO2. The van der Waals surface area contributed by atoms with Gasteiger partial charge >= 0.3 is 0 Å². The Hall–Kier alpha value is -1.30. The van der Waals surface area contributed by atoms with Crippen LogP contribution in [0.5, 0.6) is 5.75 Å². The summed E-state index contributed by atoms with van der Waals surface area (Å²) in [6.45, 7) is 1.93. The van der Waals surface area contributed by atoms with Crippen molar-refractivity contribution in [3.05, 3.63) is 28.8 Å². The van der Waals surface area contributed by atoms with Crippen LogP contribution in [0.4, 0.5) is 0 Å². The molecule has 22 heavy (non-hydrogen) atoms. The van der Waals surface area contributed by atoms with Gasteiger partial charge in [0.05, 0.1) is 25.4 Å². The van der Waals surface area contributed by atoms with Crippen molar-refractivity contribution in [2.75, 3.05) is 19.8 Å². The maximum absolute atomic E-state index is 11.4. The predicted octanol–water partition coefficient (Wildman–Crippen LogP) is 2.75. The zero-order chi connectivity index (χ0) is 15.6. The lowest BCUT2D eigenvalue weighted by Gasteiger charge is -2.35. The van der Waals surface area contributed by atoms with Crippen molar-refractivity contribution in [1.29, 1.82) is 0 Å². The van der Waals surface area contributed by atoms with Crippen LogP contribution in [0.2, 0.25) is 5.02 Å². The monoisotopic (exact) mass is 325 g/mol. The quantitative estimate of drug-likeness (QED) is 0.924. The maximum Gasteiger partial charge on any atom is 0.252 e. The molecule has 0 aromatic heterocycles. The molecule has 2 N–H and O–H groups in total. The van der Waals surface area contributed by atoms with E-state index in [4.69, 9.17) is 31.5 Å². The van der Waals surface area contributed by atoms with E-state index in [-0.39, 0.29) is 5.79 Å². The minimum atomic E-state index is -0.534. The third-order valence-electron chi connectivity index (χ3n) is 4.36. The Morgan fingerprint density at radius 3 is 2.64 bits per heavy atom. The van der Waals surface area contributed by atoms with E-state index in [2.05, 4.69) is 0 Å². The summed E-state index contributed by atoms with van der Waals surface area (Å²) in [6.07, 6.45) is 3.76. The van der Waals surface area contributed by atoms with Crippen LogP contribution in [0.1, 0.15) is 36.0 Å². The molecule has 1 amide bonds. The summed E-state index contributed by atoms with van der Waals surface area (Å²) in [7, 11) is 0. The Bertz CT molecular complexity index is 547. The zero-order valence-electron chi connectivity index (χ0n) is 12.3. The van der Waals surface area contributed by atoms with Crippen LogP contribution < -0.4 is 10.5 Å². The fraction of sp³-hybridized carbons (Fsp3) is 0.562. The van der Waals surface area contributed by atoms with E-state index in [0.717, 1.165) is 25.7 Å². The van der Waals surface area contributed by atoms with Crippen LogP contribution in [0, 0.1) is 5.92 Å². The molecule has 2 fully saturated rings. The molecule has 0 unspecified atom stereocenters. The third-order valence-corrected chi connectivity index (χ3v) is 4.60. The molecule has 1 spiro atoms. The highest BCUT2D eigenvalue weighted by Crippen LogP contribution is 2.38. The van der Waals surface area contributed by atoms with Crippen LogP contribution in [0.25, 0.3) is 0 Å². The molecule has 1 saturated carbocycles. The van der Waals surface area contributed by atoms with Crippen LogP contribution in [-0.2, 0) is 9.47 Å². The van der Waals surface area contributed by atoms with Gasteiger partial charge in [-0.2, -0.15) is 0 Å². The molecule has 0 atom stereocenters. The second kappa shape index (κ2) is 6.44. The van der Waals surface area contributed by atoms with Crippen molar-refractivity contribution in [2.24, 2.45) is 11.7 Å². The van der Waals surface area contributed by atoms with Crippen LogP contribution in [-0.4, -0.2) is 31.5 Å². The number of carbonyl (C=O) groups is 1. The molecule has 2 aliphatic rings. The van der Waals surface area contributed by atoms with Crippen molar-refractivity contribution in [2.45, 2.75) is 31.5 Å². The molecule has 5 nitrogen and oxygen atoms in total. The van der Waals surface area contributed by atoms with Crippen molar-refractivity contribution < 1.29 is 19.0 Å². The molecular weight excluding hydrogens is 306 g/mol. The number of halogens is 1. The number of hydrogen-bond acceptors (Lipinski definition) is 4. The van der Waals surface area contributed by atoms with Gasteiger partial charge in [-0.05, 0) is 37.0 Å². The Balaban J connectivity index is 1.56. The summed E-state index contributed by atoms with van der Waals surface area (Å²) >= 11 is 5.89. The van der Waals surface area contributed by atoms with Gasteiger partial charge in [0.25, 0.3) is 5.91 Å². The summed E-state index contributed by atoms with van der Waals surface area (Å²) in [5, 5.41) is 0.469. The zero-order valence-corrected chi connectivity index (χ0v) is 13.1. The van der Waals surface area contributed by atoms with Crippen molar-refractivity contribution >= 4 is 17.5 Å². The number of amides is 1. The summed E-state index contributed by atoms with van der Waals surface area (Å²) < 4.78 is 17.2. The van der Waals surface area contributed by atoms with Gasteiger partial charge in [-0.3, -0.25) is 4.79 Å². The lowest BCUT2D eigenvalue weighted by molar-refractivity contribution is -0.183. The first-order chi connectivity index (χ1) is 10.6. The standard InChI is InChI=1S/C16H20ClNO4/c17-12-1-2-14(13(9-12)15(18)19)20-10-11-3-5-16(6-4-11)21-7-8-22-16/h1-2,9,11H,3-8,10H2,(H2,18,19). The molecular formula is C16H20ClNO4. The summed E-state index contributed by atoms with van der Waals surface area (Å²) in [5.41, 5.74) is 5.68. The van der Waals surface area contributed by atoms with E-state index in [0.29, 0.717) is 42.1 Å². The van der Waals surface area contributed by atoms with Gasteiger partial charge in [-0.1, -0.05) is 11.6 Å². The highest BCUT2D eigenvalue weighted by Gasteiger charge is 2.40. The summed E-state index contributed by atoms with van der Waals surface area (Å²) in [6, 6.07) is 4.92. The van der Waals surface area contributed by atoms with Crippen molar-refractivity contribution in [1.82, 2.24) is 0 Å². The molecule has 0 bridgehead atoms. The van der Waals surface area contributed by atoms with Gasteiger partial charge in [-0.15, -0.1) is 0 Å². The number of ether oxygens (including phenoxy) is 3. The van der Waals surface area contributed by atoms with Crippen molar-refractivity contribution in [3.63, 3.8) is 0 Å². The van der Waals surface area contributed by atoms with Crippen LogP contribution in [0.3, 0.4) is 0 Å². The van der Waals surface area contributed by atoms with Crippen LogP contribution in [0.15, 0.2) is 18.2 Å². The van der Waals surface area contributed by atoms with E-state index < -0.39 is 5.91 Å². The second-order valence-corrected chi connectivity index (χ2v) is 6.30. The van der Waals surface area contributed by atoms with E-state index >= 15 is 0 Å². The number of rotatable bonds is 4. The first kappa shape index (κ1) is 15.6. The van der Waals surface area contributed by atoms with Crippen molar-refractivity contribution in [3.8, 4) is 5.75 Å². The minimum absolute atomic E-state index is 0.322. The average molecular weight is 326 g/mol. The first-order valence-electron chi connectivity index (χ1n) is 7.58. The molecule has 3 rings (SSSR count). The highest BCUT2D eigenvalue weighted by molar-refractivity contribution is 6.31. The van der Waals surface area contributed by atoms with Gasteiger partial charge in [-0.25, -0.2) is 0 Å². The van der Waals surface area contributed by atoms with E-state index in [1.807, 2.05) is 0 Å². The topological polar surface area (TPSA) is 70.8 Å². The van der Waals surface area contributed by atoms with Crippen LogP contribution >= 0.6 is 11.6 Å². The van der Waals surface area contributed by atoms with E-state index in [1.165, 1.54) is 6.07 Å². The maximum atomic E-state index is 11.4. The van der Waals surface area contributed by atoms with Gasteiger partial charge in [0.2, 0.25) is 0 Å². The molecule has 0 radical (unpaired) electrons. The van der Waals surface area contributed by atoms with Gasteiger partial charge in [0.15, 0.2) is 5.79 Å². The van der Waals surface area contributed by atoms with Gasteiger partial charge < -0.3 is 19.9 Å². The number of hydrogen-bond donors (Lipinski definition) is 1. The van der Waals surface area contributed by atoms with E-state index in [1.54, 1.807) is 12.1 Å². The molecule has 1 heterocycles.